The van der Waals surface area contributed by atoms with E-state index in [9.17, 15) is 4.79 Å². The van der Waals surface area contributed by atoms with E-state index in [1.807, 2.05) is 19.1 Å². The average molecular weight is 382 g/mol. The van der Waals surface area contributed by atoms with Gasteiger partial charge in [0.15, 0.2) is 0 Å². The standard InChI is InChI=1S/C23H31N3O2/c1-18-6-4-7-21(16-18)26-14-12-25(13-15-26)11-5-10-24-23(27)20-9-8-19(2)22(17-20)28-3/h4,6-9,16-17H,5,10-15H2,1-3H3,(H,24,27). The molecule has 0 unspecified atom stereocenters. The topological polar surface area (TPSA) is 44.8 Å². The highest BCUT2D eigenvalue weighted by Gasteiger charge is 2.17. The molecule has 28 heavy (non-hydrogen) atoms. The largest absolute Gasteiger partial charge is 0.496 e. The summed E-state index contributed by atoms with van der Waals surface area (Å²) in [6, 6.07) is 14.3. The molecule has 3 rings (SSSR count). The van der Waals surface area contributed by atoms with Crippen LogP contribution in [0.4, 0.5) is 5.69 Å². The van der Waals surface area contributed by atoms with E-state index < -0.39 is 0 Å². The van der Waals surface area contributed by atoms with Crippen molar-refractivity contribution in [3.63, 3.8) is 0 Å². The number of benzene rings is 2. The third kappa shape index (κ3) is 5.26. The number of aryl methyl sites for hydroxylation is 2. The van der Waals surface area contributed by atoms with Crippen LogP contribution in [-0.2, 0) is 0 Å². The Balaban J connectivity index is 1.37. The summed E-state index contributed by atoms with van der Waals surface area (Å²) in [5, 5.41) is 3.02. The third-order valence-electron chi connectivity index (χ3n) is 5.35. The third-order valence-corrected chi connectivity index (χ3v) is 5.35. The van der Waals surface area contributed by atoms with E-state index in [2.05, 4.69) is 46.3 Å². The lowest BCUT2D eigenvalue weighted by Gasteiger charge is -2.36. The Labute approximate surface area is 168 Å². The van der Waals surface area contributed by atoms with Crippen LogP contribution >= 0.6 is 0 Å². The van der Waals surface area contributed by atoms with Gasteiger partial charge in [0.1, 0.15) is 5.75 Å². The fourth-order valence-electron chi connectivity index (χ4n) is 3.62. The second-order valence-electron chi connectivity index (χ2n) is 7.46. The molecule has 0 atom stereocenters. The molecule has 1 amide bonds. The fraction of sp³-hybridized carbons (Fsp3) is 0.435. The number of nitrogens with one attached hydrogen (secondary N) is 1. The number of piperazine rings is 1. The summed E-state index contributed by atoms with van der Waals surface area (Å²) in [7, 11) is 1.63. The maximum absolute atomic E-state index is 12.3. The van der Waals surface area contributed by atoms with Crippen LogP contribution in [0.25, 0.3) is 0 Å². The Morgan fingerprint density at radius 3 is 2.57 bits per heavy atom. The summed E-state index contributed by atoms with van der Waals surface area (Å²) in [6.07, 6.45) is 0.958. The SMILES string of the molecule is COc1cc(C(=O)NCCCN2CCN(c3cccc(C)c3)CC2)ccc1C. The second-order valence-corrected chi connectivity index (χ2v) is 7.46. The minimum absolute atomic E-state index is 0.0393. The van der Waals surface area contributed by atoms with E-state index in [0.717, 1.165) is 50.5 Å². The molecule has 1 heterocycles. The van der Waals surface area contributed by atoms with Crippen LogP contribution < -0.4 is 15.0 Å². The van der Waals surface area contributed by atoms with Crippen LogP contribution in [0.5, 0.6) is 5.75 Å². The lowest BCUT2D eigenvalue weighted by atomic mass is 10.1. The monoisotopic (exact) mass is 381 g/mol. The van der Waals surface area contributed by atoms with Crippen LogP contribution in [0.2, 0.25) is 0 Å². The molecule has 0 aliphatic carbocycles. The van der Waals surface area contributed by atoms with Crippen LogP contribution in [0.15, 0.2) is 42.5 Å². The van der Waals surface area contributed by atoms with Gasteiger partial charge in [0.2, 0.25) is 0 Å². The molecule has 2 aromatic rings. The van der Waals surface area contributed by atoms with Crippen molar-refractivity contribution in [3.05, 3.63) is 59.2 Å². The van der Waals surface area contributed by atoms with Crippen molar-refractivity contribution in [3.8, 4) is 5.75 Å². The van der Waals surface area contributed by atoms with Crippen molar-refractivity contribution in [2.75, 3.05) is 51.3 Å². The normalized spacial score (nSPS) is 14.8. The summed E-state index contributed by atoms with van der Waals surface area (Å²) < 4.78 is 5.30. The molecule has 0 bridgehead atoms. The predicted molar refractivity (Wildman–Crippen MR) is 115 cm³/mol. The minimum Gasteiger partial charge on any atom is -0.496 e. The number of hydrogen-bond donors (Lipinski definition) is 1. The molecular weight excluding hydrogens is 350 g/mol. The van der Waals surface area contributed by atoms with E-state index in [1.165, 1.54) is 11.3 Å². The Hall–Kier alpha value is -2.53. The molecule has 0 spiro atoms. The lowest BCUT2D eigenvalue weighted by Crippen LogP contribution is -2.47. The number of nitrogens with zero attached hydrogens (tertiary/aromatic N) is 2. The van der Waals surface area contributed by atoms with Crippen molar-refractivity contribution in [2.45, 2.75) is 20.3 Å². The van der Waals surface area contributed by atoms with Gasteiger partial charge in [-0.1, -0.05) is 18.2 Å². The summed E-state index contributed by atoms with van der Waals surface area (Å²) >= 11 is 0. The van der Waals surface area contributed by atoms with Gasteiger partial charge < -0.3 is 15.0 Å². The minimum atomic E-state index is -0.0393. The molecule has 1 fully saturated rings. The lowest BCUT2D eigenvalue weighted by molar-refractivity contribution is 0.0951. The zero-order valence-corrected chi connectivity index (χ0v) is 17.2. The highest BCUT2D eigenvalue weighted by atomic mass is 16.5. The quantitative estimate of drug-likeness (QED) is 0.748. The first-order valence-corrected chi connectivity index (χ1v) is 10.0. The summed E-state index contributed by atoms with van der Waals surface area (Å²) in [5.74, 6) is 0.710. The van der Waals surface area contributed by atoms with Gasteiger partial charge in [0.05, 0.1) is 7.11 Å². The van der Waals surface area contributed by atoms with Crippen molar-refractivity contribution in [1.82, 2.24) is 10.2 Å². The van der Waals surface area contributed by atoms with Gasteiger partial charge in [-0.3, -0.25) is 9.69 Å². The summed E-state index contributed by atoms with van der Waals surface area (Å²) in [4.78, 5) is 17.2. The van der Waals surface area contributed by atoms with Gasteiger partial charge in [-0.05, 0) is 62.2 Å². The smallest absolute Gasteiger partial charge is 0.251 e. The first-order chi connectivity index (χ1) is 13.6. The number of anilines is 1. The van der Waals surface area contributed by atoms with E-state index in [1.54, 1.807) is 13.2 Å². The van der Waals surface area contributed by atoms with E-state index in [4.69, 9.17) is 4.74 Å². The molecule has 2 aromatic carbocycles. The maximum Gasteiger partial charge on any atom is 0.251 e. The molecule has 5 nitrogen and oxygen atoms in total. The van der Waals surface area contributed by atoms with Gasteiger partial charge >= 0.3 is 0 Å². The van der Waals surface area contributed by atoms with Gasteiger partial charge in [-0.25, -0.2) is 0 Å². The number of hydrogen-bond acceptors (Lipinski definition) is 4. The molecular formula is C23H31N3O2. The number of rotatable bonds is 7. The highest BCUT2D eigenvalue weighted by Crippen LogP contribution is 2.19. The van der Waals surface area contributed by atoms with Crippen molar-refractivity contribution < 1.29 is 9.53 Å². The van der Waals surface area contributed by atoms with Crippen molar-refractivity contribution >= 4 is 11.6 Å². The second kappa shape index (κ2) is 9.60. The fourth-order valence-corrected chi connectivity index (χ4v) is 3.62. The highest BCUT2D eigenvalue weighted by molar-refractivity contribution is 5.94. The van der Waals surface area contributed by atoms with Gasteiger partial charge in [-0.2, -0.15) is 0 Å². The molecule has 1 N–H and O–H groups in total. The Morgan fingerprint density at radius 1 is 1.07 bits per heavy atom. The average Bonchev–Trinajstić information content (AvgIpc) is 2.72. The number of carbonyl (C=O) groups is 1. The Morgan fingerprint density at radius 2 is 1.86 bits per heavy atom. The first-order valence-electron chi connectivity index (χ1n) is 10.0. The molecule has 5 heteroatoms. The molecule has 1 aliphatic heterocycles. The van der Waals surface area contributed by atoms with Gasteiger partial charge in [0.25, 0.3) is 5.91 Å². The zero-order valence-electron chi connectivity index (χ0n) is 17.2. The van der Waals surface area contributed by atoms with Crippen LogP contribution in [0.3, 0.4) is 0 Å². The number of amides is 1. The zero-order chi connectivity index (χ0) is 19.9. The Kier molecular flexibility index (Phi) is 6.93. The number of ether oxygens (including phenoxy) is 1. The van der Waals surface area contributed by atoms with Crippen LogP contribution in [-0.4, -0.2) is 57.2 Å². The van der Waals surface area contributed by atoms with E-state index >= 15 is 0 Å². The molecule has 0 radical (unpaired) electrons. The van der Waals surface area contributed by atoms with Gasteiger partial charge in [0, 0.05) is 44.0 Å². The molecule has 1 saturated heterocycles. The maximum atomic E-state index is 12.3. The Bertz CT molecular complexity index is 798. The van der Waals surface area contributed by atoms with E-state index in [-0.39, 0.29) is 5.91 Å². The summed E-state index contributed by atoms with van der Waals surface area (Å²) in [5.41, 5.74) is 4.31. The molecule has 0 saturated carbocycles. The number of methoxy groups -OCH3 is 1. The van der Waals surface area contributed by atoms with Crippen molar-refractivity contribution in [1.29, 1.82) is 0 Å². The molecule has 1 aliphatic rings. The van der Waals surface area contributed by atoms with Crippen molar-refractivity contribution in [2.24, 2.45) is 0 Å². The molecule has 0 aromatic heterocycles. The first kappa shape index (κ1) is 20.2. The summed E-state index contributed by atoms with van der Waals surface area (Å²) in [6.45, 7) is 10.1. The van der Waals surface area contributed by atoms with Gasteiger partial charge in [-0.15, -0.1) is 0 Å². The van der Waals surface area contributed by atoms with E-state index in [0.29, 0.717) is 12.1 Å². The predicted octanol–water partition coefficient (Wildman–Crippen LogP) is 3.25. The van der Waals surface area contributed by atoms with Crippen LogP contribution in [0, 0.1) is 13.8 Å². The number of carbonyl (C=O) groups excluding carboxylic acids is 1. The molecule has 150 valence electrons. The van der Waals surface area contributed by atoms with Crippen LogP contribution in [0.1, 0.15) is 27.9 Å².